The molecule has 0 aliphatic carbocycles. The van der Waals surface area contributed by atoms with Crippen LogP contribution in [0.15, 0.2) is 18.2 Å². The number of aromatic carboxylic acids is 1. The van der Waals surface area contributed by atoms with Crippen molar-refractivity contribution in [2.24, 2.45) is 0 Å². The van der Waals surface area contributed by atoms with Crippen molar-refractivity contribution in [3.05, 3.63) is 29.3 Å². The van der Waals surface area contributed by atoms with E-state index in [9.17, 15) is 20.1 Å². The second-order valence-corrected chi connectivity index (χ2v) is 4.36. The number of alkyl halides is 1. The molecule has 6 heteroatoms. The Hall–Kier alpha value is -1.11. The number of rotatable bonds is 5. The standard InChI is InChI=1S/C11H13BrO5/c12-4-3-8(13)10(15)6-1-2-7(11(16)17)9(14)5-6/h1-2,5,8,10,13-15H,3-4H2,(H,16,17). The first-order chi connectivity index (χ1) is 7.97. The number of benzene rings is 1. The van der Waals surface area contributed by atoms with Gasteiger partial charge in [0.05, 0.1) is 6.10 Å². The van der Waals surface area contributed by atoms with Crippen molar-refractivity contribution in [1.82, 2.24) is 0 Å². The third-order valence-electron chi connectivity index (χ3n) is 2.36. The Morgan fingerprint density at radius 2 is 2.00 bits per heavy atom. The Kier molecular flexibility index (Phi) is 4.92. The summed E-state index contributed by atoms with van der Waals surface area (Å²) in [6, 6.07) is 3.70. The van der Waals surface area contributed by atoms with Gasteiger partial charge in [0.1, 0.15) is 17.4 Å². The summed E-state index contributed by atoms with van der Waals surface area (Å²) < 4.78 is 0. The highest BCUT2D eigenvalue weighted by Gasteiger charge is 2.19. The van der Waals surface area contributed by atoms with Crippen LogP contribution in [-0.4, -0.2) is 37.8 Å². The van der Waals surface area contributed by atoms with Crippen LogP contribution in [0.1, 0.15) is 28.4 Å². The highest BCUT2D eigenvalue weighted by atomic mass is 79.9. The van der Waals surface area contributed by atoms with Gasteiger partial charge in [-0.15, -0.1) is 0 Å². The lowest BCUT2D eigenvalue weighted by atomic mass is 10.0. The lowest BCUT2D eigenvalue weighted by Gasteiger charge is -2.17. The minimum absolute atomic E-state index is 0.240. The summed E-state index contributed by atoms with van der Waals surface area (Å²) in [5.74, 6) is -1.68. The summed E-state index contributed by atoms with van der Waals surface area (Å²) in [5, 5.41) is 38.0. The second kappa shape index (κ2) is 6.00. The van der Waals surface area contributed by atoms with Crippen LogP contribution in [0.3, 0.4) is 0 Å². The molecule has 94 valence electrons. The van der Waals surface area contributed by atoms with Gasteiger partial charge < -0.3 is 20.4 Å². The van der Waals surface area contributed by atoms with E-state index < -0.39 is 23.9 Å². The number of aliphatic hydroxyl groups is 2. The second-order valence-electron chi connectivity index (χ2n) is 3.57. The third kappa shape index (κ3) is 3.42. The van der Waals surface area contributed by atoms with E-state index in [1.165, 1.54) is 12.1 Å². The fourth-order valence-electron chi connectivity index (χ4n) is 1.41. The average molecular weight is 305 g/mol. The van der Waals surface area contributed by atoms with Crippen LogP contribution >= 0.6 is 15.9 Å². The van der Waals surface area contributed by atoms with Crippen LogP contribution in [-0.2, 0) is 0 Å². The predicted octanol–water partition coefficient (Wildman–Crippen LogP) is 1.27. The van der Waals surface area contributed by atoms with Gasteiger partial charge in [-0.3, -0.25) is 0 Å². The van der Waals surface area contributed by atoms with E-state index in [4.69, 9.17) is 5.11 Å². The summed E-state index contributed by atoms with van der Waals surface area (Å²) in [6.07, 6.45) is -1.77. The first kappa shape index (κ1) is 14.0. The van der Waals surface area contributed by atoms with Gasteiger partial charge in [-0.1, -0.05) is 22.0 Å². The molecule has 0 amide bonds. The zero-order chi connectivity index (χ0) is 13.0. The number of carboxylic acid groups (broad SMARTS) is 1. The molecular weight excluding hydrogens is 292 g/mol. The minimum atomic E-state index is -1.25. The highest BCUT2D eigenvalue weighted by Crippen LogP contribution is 2.25. The van der Waals surface area contributed by atoms with Crippen molar-refractivity contribution < 1.29 is 25.2 Å². The molecule has 5 nitrogen and oxygen atoms in total. The molecule has 0 aliphatic rings. The van der Waals surface area contributed by atoms with Gasteiger partial charge in [0.2, 0.25) is 0 Å². The Morgan fingerprint density at radius 1 is 1.35 bits per heavy atom. The van der Waals surface area contributed by atoms with Crippen LogP contribution < -0.4 is 0 Å². The van der Waals surface area contributed by atoms with Gasteiger partial charge in [-0.2, -0.15) is 0 Å². The first-order valence-corrected chi connectivity index (χ1v) is 6.07. The topological polar surface area (TPSA) is 98.0 Å². The molecule has 1 aromatic rings. The number of carbonyl (C=O) groups is 1. The van der Waals surface area contributed by atoms with Crippen molar-refractivity contribution in [2.45, 2.75) is 18.6 Å². The maximum atomic E-state index is 10.7. The predicted molar refractivity (Wildman–Crippen MR) is 64.4 cm³/mol. The largest absolute Gasteiger partial charge is 0.507 e. The normalized spacial score (nSPS) is 14.3. The Labute approximate surface area is 106 Å². The molecule has 0 fully saturated rings. The lowest BCUT2D eigenvalue weighted by molar-refractivity contribution is 0.0172. The van der Waals surface area contributed by atoms with E-state index in [1.54, 1.807) is 0 Å². The van der Waals surface area contributed by atoms with Gasteiger partial charge in [-0.25, -0.2) is 4.79 Å². The van der Waals surface area contributed by atoms with Crippen LogP contribution in [0.4, 0.5) is 0 Å². The molecule has 0 saturated heterocycles. The third-order valence-corrected chi connectivity index (χ3v) is 2.82. The van der Waals surface area contributed by atoms with Crippen LogP contribution in [0.25, 0.3) is 0 Å². The number of aliphatic hydroxyl groups excluding tert-OH is 2. The Balaban J connectivity index is 2.93. The van der Waals surface area contributed by atoms with Gasteiger partial charge >= 0.3 is 5.97 Å². The van der Waals surface area contributed by atoms with Crippen molar-refractivity contribution >= 4 is 21.9 Å². The molecule has 0 heterocycles. The summed E-state index contributed by atoms with van der Waals surface area (Å²) in [6.45, 7) is 0. The molecule has 1 rings (SSSR count). The van der Waals surface area contributed by atoms with Gasteiger partial charge in [-0.05, 0) is 24.1 Å². The SMILES string of the molecule is O=C(O)c1ccc(C(O)C(O)CCBr)cc1O. The Morgan fingerprint density at radius 3 is 2.47 bits per heavy atom. The fraction of sp³-hybridized carbons (Fsp3) is 0.364. The quantitative estimate of drug-likeness (QED) is 0.614. The maximum Gasteiger partial charge on any atom is 0.339 e. The van der Waals surface area contributed by atoms with Crippen LogP contribution in [0.5, 0.6) is 5.75 Å². The van der Waals surface area contributed by atoms with E-state index in [-0.39, 0.29) is 11.1 Å². The number of carboxylic acids is 1. The lowest BCUT2D eigenvalue weighted by Crippen LogP contribution is -2.18. The molecule has 0 spiro atoms. The van der Waals surface area contributed by atoms with Gasteiger partial charge in [0.15, 0.2) is 0 Å². The molecule has 2 unspecified atom stereocenters. The summed E-state index contributed by atoms with van der Waals surface area (Å²) in [4.78, 5) is 10.7. The smallest absolute Gasteiger partial charge is 0.339 e. The summed E-state index contributed by atoms with van der Waals surface area (Å²) >= 11 is 3.14. The number of phenols is 1. The number of aromatic hydroxyl groups is 1. The number of hydrogen-bond donors (Lipinski definition) is 4. The number of hydrogen-bond acceptors (Lipinski definition) is 4. The molecule has 2 atom stereocenters. The fourth-order valence-corrected chi connectivity index (χ4v) is 1.87. The molecular formula is C11H13BrO5. The van der Waals surface area contributed by atoms with E-state index in [2.05, 4.69) is 15.9 Å². The van der Waals surface area contributed by atoms with Crippen LogP contribution in [0, 0.1) is 0 Å². The van der Waals surface area contributed by atoms with E-state index in [0.717, 1.165) is 6.07 Å². The average Bonchev–Trinajstić information content (AvgIpc) is 2.27. The Bertz CT molecular complexity index is 407. The first-order valence-electron chi connectivity index (χ1n) is 4.95. The molecule has 4 N–H and O–H groups in total. The van der Waals surface area contributed by atoms with Crippen LogP contribution in [0.2, 0.25) is 0 Å². The van der Waals surface area contributed by atoms with Crippen molar-refractivity contribution in [1.29, 1.82) is 0 Å². The highest BCUT2D eigenvalue weighted by molar-refractivity contribution is 9.09. The molecule has 0 aliphatic heterocycles. The molecule has 0 saturated carbocycles. The molecule has 0 bridgehead atoms. The molecule has 1 aromatic carbocycles. The van der Waals surface area contributed by atoms with E-state index in [0.29, 0.717) is 11.8 Å². The monoisotopic (exact) mass is 304 g/mol. The summed E-state index contributed by atoms with van der Waals surface area (Å²) in [5.41, 5.74) is 0.0388. The van der Waals surface area contributed by atoms with Crippen molar-refractivity contribution in [3.8, 4) is 5.75 Å². The molecule has 0 radical (unpaired) electrons. The zero-order valence-corrected chi connectivity index (χ0v) is 10.5. The molecule has 17 heavy (non-hydrogen) atoms. The van der Waals surface area contributed by atoms with Gasteiger partial charge in [0.25, 0.3) is 0 Å². The number of halogens is 1. The zero-order valence-electron chi connectivity index (χ0n) is 8.88. The van der Waals surface area contributed by atoms with Gasteiger partial charge in [0, 0.05) is 5.33 Å². The van der Waals surface area contributed by atoms with E-state index >= 15 is 0 Å². The maximum absolute atomic E-state index is 10.7. The van der Waals surface area contributed by atoms with Crippen molar-refractivity contribution in [3.63, 3.8) is 0 Å². The van der Waals surface area contributed by atoms with Crippen molar-refractivity contribution in [2.75, 3.05) is 5.33 Å². The molecule has 0 aromatic heterocycles. The minimum Gasteiger partial charge on any atom is -0.507 e. The van der Waals surface area contributed by atoms with E-state index in [1.807, 2.05) is 0 Å². The summed E-state index contributed by atoms with van der Waals surface area (Å²) in [7, 11) is 0.